The van der Waals surface area contributed by atoms with Crippen LogP contribution < -0.4 is 15.0 Å². The zero-order valence-electron chi connectivity index (χ0n) is 12.2. The first-order valence-electron chi connectivity index (χ1n) is 7.04. The van der Waals surface area contributed by atoms with Gasteiger partial charge in [-0.15, -0.1) is 11.3 Å². The highest BCUT2D eigenvalue weighted by Gasteiger charge is 2.18. The summed E-state index contributed by atoms with van der Waals surface area (Å²) >= 11 is 6.91. The Kier molecular flexibility index (Phi) is 4.80. The highest BCUT2D eigenvalue weighted by atomic mass is 32.1. The molecule has 1 aromatic carbocycles. The topological polar surface area (TPSA) is 39.0 Å². The minimum Gasteiger partial charge on any atom is -0.867 e. The van der Waals surface area contributed by atoms with Crippen molar-refractivity contribution in [1.82, 2.24) is 0 Å². The molecule has 0 aliphatic heterocycles. The summed E-state index contributed by atoms with van der Waals surface area (Å²) in [6, 6.07) is 18.9. The Labute approximate surface area is 144 Å². The van der Waals surface area contributed by atoms with Crippen LogP contribution in [0.2, 0.25) is 0 Å². The number of nitrogens with zero attached hydrogens (tertiary/aromatic N) is 1. The summed E-state index contributed by atoms with van der Waals surface area (Å²) in [5, 5.41) is 17.9. The lowest BCUT2D eigenvalue weighted by Gasteiger charge is -2.15. The second kappa shape index (κ2) is 7.17. The highest BCUT2D eigenvalue weighted by molar-refractivity contribution is 7.81. The predicted octanol–water partition coefficient (Wildman–Crippen LogP) is 3.16. The standard InChI is InChI=1S/C18H14N2OS2/c21-17(15-10-7-13-23-15)16(20-11-5-2-6-12-20)18(22)19-14-8-3-1-4-9-14/h1-13H,(H-,19,21,22). The minimum atomic E-state index is -0.0929. The summed E-state index contributed by atoms with van der Waals surface area (Å²) in [4.78, 5) is 1.05. The molecule has 0 spiro atoms. The predicted molar refractivity (Wildman–Crippen MR) is 96.7 cm³/mol. The van der Waals surface area contributed by atoms with E-state index in [9.17, 15) is 5.11 Å². The number of aromatic nitrogens is 1. The third kappa shape index (κ3) is 3.64. The Bertz CT molecular complexity index is 813. The third-order valence-electron chi connectivity index (χ3n) is 3.18. The van der Waals surface area contributed by atoms with Crippen LogP contribution in [0.4, 0.5) is 5.69 Å². The zero-order chi connectivity index (χ0) is 16.1. The number of anilines is 1. The monoisotopic (exact) mass is 338 g/mol. The van der Waals surface area contributed by atoms with Gasteiger partial charge < -0.3 is 10.4 Å². The average Bonchev–Trinajstić information content (AvgIpc) is 3.11. The molecule has 0 saturated heterocycles. The number of para-hydroxylation sites is 1. The smallest absolute Gasteiger partial charge is 0.239 e. The van der Waals surface area contributed by atoms with E-state index in [1.54, 1.807) is 4.57 Å². The maximum Gasteiger partial charge on any atom is 0.239 e. The summed E-state index contributed by atoms with van der Waals surface area (Å²) in [6.07, 6.45) is 3.64. The van der Waals surface area contributed by atoms with Gasteiger partial charge in [-0.2, -0.15) is 4.57 Å². The van der Waals surface area contributed by atoms with Crippen molar-refractivity contribution in [2.75, 3.05) is 5.32 Å². The number of pyridine rings is 1. The molecule has 5 heteroatoms. The fourth-order valence-electron chi connectivity index (χ4n) is 2.12. The quantitative estimate of drug-likeness (QED) is 0.344. The van der Waals surface area contributed by atoms with Gasteiger partial charge in [0.05, 0.1) is 0 Å². The maximum atomic E-state index is 12.9. The van der Waals surface area contributed by atoms with Crippen LogP contribution in [0.15, 0.2) is 78.4 Å². The minimum absolute atomic E-state index is 0.0929. The molecule has 0 fully saturated rings. The number of nitrogens with one attached hydrogen (secondary N) is 1. The van der Waals surface area contributed by atoms with E-state index >= 15 is 0 Å². The van der Waals surface area contributed by atoms with Crippen LogP contribution in [-0.2, 0) is 0 Å². The molecule has 2 heterocycles. The van der Waals surface area contributed by atoms with Gasteiger partial charge in [0.1, 0.15) is 0 Å². The van der Waals surface area contributed by atoms with Gasteiger partial charge >= 0.3 is 0 Å². The molecule has 0 radical (unpaired) electrons. The first-order chi connectivity index (χ1) is 11.3. The van der Waals surface area contributed by atoms with E-state index in [1.165, 1.54) is 11.3 Å². The molecule has 114 valence electrons. The summed E-state index contributed by atoms with van der Waals surface area (Å²) in [5.74, 6) is -0.0929. The van der Waals surface area contributed by atoms with E-state index in [1.807, 2.05) is 78.4 Å². The lowest BCUT2D eigenvalue weighted by molar-refractivity contribution is -0.577. The van der Waals surface area contributed by atoms with Gasteiger partial charge in [0.15, 0.2) is 17.4 Å². The number of hydrogen-bond donors (Lipinski definition) is 1. The maximum absolute atomic E-state index is 12.9. The number of thiocarbonyl (C=S) groups is 1. The molecular weight excluding hydrogens is 324 g/mol. The molecule has 0 unspecified atom stereocenters. The normalized spacial score (nSPS) is 11.7. The first-order valence-corrected chi connectivity index (χ1v) is 8.33. The molecular formula is C18H14N2OS2. The summed E-state index contributed by atoms with van der Waals surface area (Å²) < 4.78 is 1.75. The van der Waals surface area contributed by atoms with Crippen LogP contribution in [0.3, 0.4) is 0 Å². The molecule has 1 N–H and O–H groups in total. The van der Waals surface area contributed by atoms with E-state index in [0.29, 0.717) is 15.6 Å². The molecule has 0 atom stereocenters. The second-order valence-electron chi connectivity index (χ2n) is 4.76. The van der Waals surface area contributed by atoms with Gasteiger partial charge in [-0.05, 0) is 29.3 Å². The van der Waals surface area contributed by atoms with E-state index in [2.05, 4.69) is 5.32 Å². The van der Waals surface area contributed by atoms with Crippen LogP contribution in [-0.4, -0.2) is 4.99 Å². The second-order valence-corrected chi connectivity index (χ2v) is 6.11. The molecule has 0 aliphatic carbocycles. The molecule has 0 amide bonds. The Balaban J connectivity index is 2.02. The van der Waals surface area contributed by atoms with Crippen molar-refractivity contribution in [3.8, 4) is 0 Å². The van der Waals surface area contributed by atoms with E-state index in [4.69, 9.17) is 12.2 Å². The van der Waals surface area contributed by atoms with E-state index < -0.39 is 0 Å². The van der Waals surface area contributed by atoms with Crippen LogP contribution >= 0.6 is 23.6 Å². The lowest BCUT2D eigenvalue weighted by atomic mass is 10.2. The van der Waals surface area contributed by atoms with Gasteiger partial charge in [-0.25, -0.2) is 0 Å². The van der Waals surface area contributed by atoms with Gasteiger partial charge in [0.25, 0.3) is 0 Å². The van der Waals surface area contributed by atoms with Gasteiger partial charge in [0, 0.05) is 22.7 Å². The molecule has 3 aromatic rings. The van der Waals surface area contributed by atoms with Crippen molar-refractivity contribution >= 4 is 45.7 Å². The average molecular weight is 338 g/mol. The zero-order valence-corrected chi connectivity index (χ0v) is 13.8. The van der Waals surface area contributed by atoms with Crippen molar-refractivity contribution in [3.63, 3.8) is 0 Å². The Morgan fingerprint density at radius 2 is 1.65 bits per heavy atom. The van der Waals surface area contributed by atoms with E-state index in [-0.39, 0.29) is 5.76 Å². The van der Waals surface area contributed by atoms with Crippen molar-refractivity contribution < 1.29 is 9.67 Å². The van der Waals surface area contributed by atoms with Crippen LogP contribution in [0.25, 0.3) is 11.5 Å². The lowest BCUT2D eigenvalue weighted by Crippen LogP contribution is -2.39. The number of rotatable bonds is 4. The van der Waals surface area contributed by atoms with Crippen molar-refractivity contribution in [3.05, 3.63) is 83.3 Å². The Morgan fingerprint density at radius 3 is 2.30 bits per heavy atom. The van der Waals surface area contributed by atoms with Crippen molar-refractivity contribution in [1.29, 1.82) is 0 Å². The Hall–Kier alpha value is -2.50. The van der Waals surface area contributed by atoms with Gasteiger partial charge in [-0.3, -0.25) is 0 Å². The molecule has 23 heavy (non-hydrogen) atoms. The SMILES string of the molecule is [O-]C(=C(C(=S)Nc1ccccc1)[n+]1ccccc1)c1cccs1. The Morgan fingerprint density at radius 1 is 0.957 bits per heavy atom. The van der Waals surface area contributed by atoms with E-state index in [0.717, 1.165) is 5.69 Å². The van der Waals surface area contributed by atoms with Crippen LogP contribution in [0.5, 0.6) is 0 Å². The fraction of sp³-hybridized carbons (Fsp3) is 0. The molecule has 0 aliphatic rings. The van der Waals surface area contributed by atoms with Crippen molar-refractivity contribution in [2.45, 2.75) is 0 Å². The molecule has 0 saturated carbocycles. The largest absolute Gasteiger partial charge is 0.867 e. The van der Waals surface area contributed by atoms with Gasteiger partial charge in [0.2, 0.25) is 5.70 Å². The molecule has 0 bridgehead atoms. The third-order valence-corrected chi connectivity index (χ3v) is 4.34. The van der Waals surface area contributed by atoms with Gasteiger partial charge in [-0.1, -0.05) is 42.5 Å². The molecule has 3 nitrogen and oxygen atoms in total. The summed E-state index contributed by atoms with van der Waals surface area (Å²) in [7, 11) is 0. The fourth-order valence-corrected chi connectivity index (χ4v) is 3.10. The van der Waals surface area contributed by atoms with Crippen molar-refractivity contribution in [2.24, 2.45) is 0 Å². The summed E-state index contributed by atoms with van der Waals surface area (Å²) in [5.41, 5.74) is 1.29. The molecule has 3 rings (SSSR count). The molecule has 2 aromatic heterocycles. The van der Waals surface area contributed by atoms with Crippen LogP contribution in [0, 0.1) is 0 Å². The number of hydrogen-bond acceptors (Lipinski definition) is 3. The number of benzene rings is 1. The highest BCUT2D eigenvalue weighted by Crippen LogP contribution is 2.20. The van der Waals surface area contributed by atoms with Crippen LogP contribution in [0.1, 0.15) is 4.88 Å². The summed E-state index contributed by atoms with van der Waals surface area (Å²) in [6.45, 7) is 0. The first kappa shape index (κ1) is 15.4. The number of thiophene rings is 1.